The van der Waals surface area contributed by atoms with Crippen molar-refractivity contribution in [2.24, 2.45) is 5.73 Å². The van der Waals surface area contributed by atoms with E-state index in [0.717, 1.165) is 19.4 Å². The first-order valence-corrected chi connectivity index (χ1v) is 10.1. The van der Waals surface area contributed by atoms with Gasteiger partial charge in [-0.1, -0.05) is 0 Å². The second-order valence-corrected chi connectivity index (χ2v) is 8.50. The van der Waals surface area contributed by atoms with Gasteiger partial charge in [0.15, 0.2) is 0 Å². The summed E-state index contributed by atoms with van der Waals surface area (Å²) in [5, 5.41) is 13.7. The van der Waals surface area contributed by atoms with Crippen molar-refractivity contribution in [3.63, 3.8) is 0 Å². The molecule has 3 rings (SSSR count). The first-order valence-electron chi connectivity index (χ1n) is 10.1. The molecule has 1 saturated heterocycles. The summed E-state index contributed by atoms with van der Waals surface area (Å²) in [5.41, 5.74) is 5.45. The lowest BCUT2D eigenvalue weighted by molar-refractivity contribution is 0.0499. The Bertz CT molecular complexity index is 1050. The molecule has 1 aromatic heterocycles. The molecule has 9 nitrogen and oxygen atoms in total. The Hall–Kier alpha value is -3.54. The van der Waals surface area contributed by atoms with Gasteiger partial charge in [0, 0.05) is 36.1 Å². The third-order valence-corrected chi connectivity index (χ3v) is 5.01. The maximum Gasteiger partial charge on any atom is 0.407 e. The molecule has 1 aliphatic heterocycles. The van der Waals surface area contributed by atoms with Crippen LogP contribution in [0.4, 0.5) is 10.6 Å². The summed E-state index contributed by atoms with van der Waals surface area (Å²) in [4.78, 5) is 30.6. The number of nitrogens with two attached hydrogens (primary N) is 1. The van der Waals surface area contributed by atoms with Gasteiger partial charge in [0.1, 0.15) is 23.2 Å². The maximum atomic E-state index is 12.2. The molecule has 0 unspecified atom stereocenters. The Morgan fingerprint density at radius 2 is 2.06 bits per heavy atom. The molecule has 0 spiro atoms. The molecule has 3 N–H and O–H groups in total. The van der Waals surface area contributed by atoms with Crippen LogP contribution < -0.4 is 20.7 Å². The summed E-state index contributed by atoms with van der Waals surface area (Å²) < 4.78 is 10.7. The van der Waals surface area contributed by atoms with Gasteiger partial charge >= 0.3 is 6.09 Å². The molecule has 0 aliphatic carbocycles. The summed E-state index contributed by atoms with van der Waals surface area (Å²) in [6, 6.07) is 5.26. The average Bonchev–Trinajstić information content (AvgIpc) is 2.70. The number of pyridine rings is 1. The van der Waals surface area contributed by atoms with Crippen molar-refractivity contribution in [3.8, 4) is 11.8 Å². The van der Waals surface area contributed by atoms with Gasteiger partial charge in [0.25, 0.3) is 5.91 Å². The lowest BCUT2D eigenvalue weighted by Crippen LogP contribution is -2.49. The molecule has 0 radical (unpaired) electrons. The number of nitriles is 1. The van der Waals surface area contributed by atoms with Crippen LogP contribution in [0.15, 0.2) is 18.3 Å². The third-order valence-electron chi connectivity index (χ3n) is 5.01. The highest BCUT2D eigenvalue weighted by molar-refractivity contribution is 6.04. The first kappa shape index (κ1) is 22.2. The number of aromatic nitrogens is 1. The fraction of sp³-hybridized carbons (Fsp3) is 0.455. The molecule has 1 aromatic carbocycles. The minimum atomic E-state index is -0.638. The molecule has 0 bridgehead atoms. The number of primary amides is 1. The Balaban J connectivity index is 1.95. The number of methoxy groups -OCH3 is 1. The number of ether oxygens (including phenoxy) is 2. The number of nitrogens with one attached hydrogen (secondary N) is 1. The quantitative estimate of drug-likeness (QED) is 0.770. The summed E-state index contributed by atoms with van der Waals surface area (Å²) in [5.74, 6) is 0.332. The minimum absolute atomic E-state index is 0.108. The van der Waals surface area contributed by atoms with Crippen LogP contribution in [0, 0.1) is 11.3 Å². The van der Waals surface area contributed by atoms with Crippen molar-refractivity contribution >= 4 is 28.6 Å². The van der Waals surface area contributed by atoms with Crippen molar-refractivity contribution in [2.45, 2.75) is 45.3 Å². The van der Waals surface area contributed by atoms with Crippen LogP contribution in [0.1, 0.15) is 49.5 Å². The number of carbonyl (C=O) groups is 2. The number of amides is 2. The van der Waals surface area contributed by atoms with Crippen molar-refractivity contribution in [2.75, 3.05) is 25.1 Å². The minimum Gasteiger partial charge on any atom is -0.496 e. The summed E-state index contributed by atoms with van der Waals surface area (Å²) >= 11 is 0. The lowest BCUT2D eigenvalue weighted by Gasteiger charge is -2.35. The van der Waals surface area contributed by atoms with Crippen LogP contribution in [0.25, 0.3) is 10.8 Å². The van der Waals surface area contributed by atoms with Crippen LogP contribution in [0.2, 0.25) is 0 Å². The predicted molar refractivity (Wildman–Crippen MR) is 116 cm³/mol. The molecule has 1 aliphatic rings. The van der Waals surface area contributed by atoms with Crippen LogP contribution in [-0.4, -0.2) is 48.8 Å². The van der Waals surface area contributed by atoms with Crippen molar-refractivity contribution in [3.05, 3.63) is 29.5 Å². The number of benzene rings is 1. The standard InChI is InChI=1S/C22H27N5O4/c1-22(2,3)31-21(29)26-14-6-5-7-27(12-14)20-16-9-18(30-4)17(19(24)28)8-15(16)13(10-23)11-25-20/h8-9,11,14H,5-7,12H2,1-4H3,(H2,24,28)(H,26,29)/t14-/m0/s1. The molecule has 0 saturated carbocycles. The van der Waals surface area contributed by atoms with Crippen molar-refractivity contribution < 1.29 is 19.1 Å². The monoisotopic (exact) mass is 425 g/mol. The van der Waals surface area contributed by atoms with Gasteiger partial charge in [-0.05, 0) is 45.7 Å². The molecule has 1 fully saturated rings. The molecular weight excluding hydrogens is 398 g/mol. The van der Waals surface area contributed by atoms with E-state index in [9.17, 15) is 14.9 Å². The van der Waals surface area contributed by atoms with Crippen molar-refractivity contribution in [1.29, 1.82) is 5.26 Å². The van der Waals surface area contributed by atoms with E-state index in [0.29, 0.717) is 34.4 Å². The maximum absolute atomic E-state index is 12.2. The van der Waals surface area contributed by atoms with E-state index < -0.39 is 17.6 Å². The zero-order valence-corrected chi connectivity index (χ0v) is 18.2. The van der Waals surface area contributed by atoms with Gasteiger partial charge in [-0.2, -0.15) is 5.26 Å². The van der Waals surface area contributed by atoms with Crippen LogP contribution in [0.5, 0.6) is 5.75 Å². The molecule has 164 valence electrons. The zero-order chi connectivity index (χ0) is 22.8. The van der Waals surface area contributed by atoms with E-state index in [1.54, 1.807) is 12.1 Å². The summed E-state index contributed by atoms with van der Waals surface area (Å²) in [6.45, 7) is 6.73. The molecule has 9 heteroatoms. The molecule has 2 aromatic rings. The zero-order valence-electron chi connectivity index (χ0n) is 18.2. The highest BCUT2D eigenvalue weighted by Gasteiger charge is 2.26. The number of alkyl carbamates (subject to hydrolysis) is 1. The average molecular weight is 425 g/mol. The van der Waals surface area contributed by atoms with E-state index in [4.69, 9.17) is 15.2 Å². The molecular formula is C22H27N5O4. The summed E-state index contributed by atoms with van der Waals surface area (Å²) in [7, 11) is 1.45. The highest BCUT2D eigenvalue weighted by atomic mass is 16.6. The van der Waals surface area contributed by atoms with Gasteiger partial charge < -0.3 is 25.4 Å². The lowest BCUT2D eigenvalue weighted by atomic mass is 10.0. The van der Waals surface area contributed by atoms with Gasteiger partial charge in [-0.25, -0.2) is 9.78 Å². The number of anilines is 1. The van der Waals surface area contributed by atoms with Gasteiger partial charge in [0.05, 0.1) is 18.2 Å². The SMILES string of the molecule is COc1cc2c(N3CCC[C@H](NC(=O)OC(C)(C)C)C3)ncc(C#N)c2cc1C(N)=O. The Kier molecular flexibility index (Phi) is 6.20. The van der Waals surface area contributed by atoms with Crippen LogP contribution in [0.3, 0.4) is 0 Å². The Morgan fingerprint density at radius 3 is 2.68 bits per heavy atom. The smallest absolute Gasteiger partial charge is 0.407 e. The fourth-order valence-electron chi connectivity index (χ4n) is 3.72. The number of hydrogen-bond acceptors (Lipinski definition) is 7. The van der Waals surface area contributed by atoms with Crippen molar-refractivity contribution in [1.82, 2.24) is 10.3 Å². The van der Waals surface area contributed by atoms with E-state index in [1.807, 2.05) is 20.8 Å². The number of piperidine rings is 1. The Morgan fingerprint density at radius 1 is 1.32 bits per heavy atom. The fourth-order valence-corrected chi connectivity index (χ4v) is 3.72. The third kappa shape index (κ3) is 4.97. The predicted octanol–water partition coefficient (Wildman–Crippen LogP) is 2.71. The second-order valence-electron chi connectivity index (χ2n) is 8.50. The van der Waals surface area contributed by atoms with E-state index in [1.165, 1.54) is 13.3 Å². The topological polar surface area (TPSA) is 131 Å². The molecule has 2 amide bonds. The largest absolute Gasteiger partial charge is 0.496 e. The number of rotatable bonds is 4. The second kappa shape index (κ2) is 8.68. The Labute approximate surface area is 181 Å². The van der Waals surface area contributed by atoms with Gasteiger partial charge in [0.2, 0.25) is 0 Å². The number of hydrogen-bond donors (Lipinski definition) is 2. The number of carbonyl (C=O) groups excluding carboxylic acids is 2. The van der Waals surface area contributed by atoms with E-state index >= 15 is 0 Å². The van der Waals surface area contributed by atoms with Gasteiger partial charge in [-0.15, -0.1) is 0 Å². The van der Waals surface area contributed by atoms with Crippen LogP contribution >= 0.6 is 0 Å². The molecule has 2 heterocycles. The summed E-state index contributed by atoms with van der Waals surface area (Å²) in [6.07, 6.45) is 2.70. The number of fused-ring (bicyclic) bond motifs is 1. The normalized spacial score (nSPS) is 16.5. The first-order chi connectivity index (χ1) is 14.6. The van der Waals surface area contributed by atoms with E-state index in [-0.39, 0.29) is 11.6 Å². The molecule has 31 heavy (non-hydrogen) atoms. The van der Waals surface area contributed by atoms with E-state index in [2.05, 4.69) is 21.3 Å². The van der Waals surface area contributed by atoms with Crippen LogP contribution in [-0.2, 0) is 4.74 Å². The molecule has 1 atom stereocenters. The highest BCUT2D eigenvalue weighted by Crippen LogP contribution is 2.34. The van der Waals surface area contributed by atoms with Gasteiger partial charge in [-0.3, -0.25) is 4.79 Å². The number of nitrogens with zero attached hydrogens (tertiary/aromatic N) is 3.